The Balaban J connectivity index is 1.56. The number of carboxylic acids is 1. The number of fused-ring (bicyclic) bond motifs is 3. The zero-order chi connectivity index (χ0) is 25.6. The molecule has 0 saturated heterocycles. The number of carboxylic acid groups (broad SMARTS) is 1. The summed E-state index contributed by atoms with van der Waals surface area (Å²) < 4.78 is 45.6. The van der Waals surface area contributed by atoms with Crippen LogP contribution in [-0.2, 0) is 14.3 Å². The Morgan fingerprint density at radius 2 is 1.60 bits per heavy atom. The third-order valence-electron chi connectivity index (χ3n) is 5.92. The summed E-state index contributed by atoms with van der Waals surface area (Å²) in [4.78, 5) is 34.9. The van der Waals surface area contributed by atoms with Gasteiger partial charge in [0.05, 0.1) is 6.42 Å². The van der Waals surface area contributed by atoms with E-state index in [1.807, 2.05) is 48.5 Å². The molecule has 2 amide bonds. The highest BCUT2D eigenvalue weighted by Gasteiger charge is 2.42. The molecular weight excluding hydrogens is 465 g/mol. The van der Waals surface area contributed by atoms with Crippen LogP contribution in [0.4, 0.5) is 18.0 Å². The highest BCUT2D eigenvalue weighted by molar-refractivity contribution is 5.79. The van der Waals surface area contributed by atoms with Gasteiger partial charge in [-0.25, -0.2) is 4.79 Å². The molecule has 0 spiro atoms. The maximum Gasteiger partial charge on any atom is 0.409 e. The summed E-state index contributed by atoms with van der Waals surface area (Å²) in [6, 6.07) is 12.7. The van der Waals surface area contributed by atoms with Crippen LogP contribution in [0.2, 0.25) is 0 Å². The summed E-state index contributed by atoms with van der Waals surface area (Å²) in [6.45, 7) is 1.55. The molecule has 0 bridgehead atoms. The van der Waals surface area contributed by atoms with Gasteiger partial charge in [0.1, 0.15) is 12.6 Å². The zero-order valence-electron chi connectivity index (χ0n) is 19.1. The molecule has 1 aliphatic rings. The Labute approximate surface area is 200 Å². The second-order valence-corrected chi connectivity index (χ2v) is 8.61. The smallest absolute Gasteiger partial charge is 0.409 e. The molecule has 35 heavy (non-hydrogen) atoms. The summed E-state index contributed by atoms with van der Waals surface area (Å²) in [5, 5.41) is 12.8. The SMILES string of the molecule is CC(CCC(=O)O)CNC(=O)CC(NC(=O)OCC1c2ccccc2-c2ccccc21)C(F)(F)F. The fraction of sp³-hybridized carbons (Fsp3) is 0.400. The summed E-state index contributed by atoms with van der Waals surface area (Å²) in [5.41, 5.74) is 3.81. The van der Waals surface area contributed by atoms with E-state index in [-0.39, 0.29) is 37.8 Å². The van der Waals surface area contributed by atoms with Crippen LogP contribution < -0.4 is 10.6 Å². The number of aliphatic carboxylic acids is 1. The van der Waals surface area contributed by atoms with Crippen molar-refractivity contribution in [3.63, 3.8) is 0 Å². The Hall–Kier alpha value is -3.56. The van der Waals surface area contributed by atoms with Crippen LogP contribution in [0.15, 0.2) is 48.5 Å². The number of carbonyl (C=O) groups is 3. The minimum Gasteiger partial charge on any atom is -0.481 e. The molecule has 1 aliphatic carbocycles. The number of halogens is 3. The second-order valence-electron chi connectivity index (χ2n) is 8.61. The van der Waals surface area contributed by atoms with Crippen molar-refractivity contribution >= 4 is 18.0 Å². The van der Waals surface area contributed by atoms with Crippen LogP contribution in [0.3, 0.4) is 0 Å². The lowest BCUT2D eigenvalue weighted by Crippen LogP contribution is -2.48. The summed E-state index contributed by atoms with van der Waals surface area (Å²) in [5.74, 6) is -2.44. The zero-order valence-corrected chi connectivity index (χ0v) is 19.1. The van der Waals surface area contributed by atoms with Gasteiger partial charge in [-0.05, 0) is 34.6 Å². The van der Waals surface area contributed by atoms with Crippen molar-refractivity contribution in [3.8, 4) is 11.1 Å². The Bertz CT molecular complexity index is 1030. The van der Waals surface area contributed by atoms with Gasteiger partial charge >= 0.3 is 18.2 Å². The number of hydrogen-bond donors (Lipinski definition) is 3. The number of rotatable bonds is 10. The van der Waals surface area contributed by atoms with E-state index < -0.39 is 36.6 Å². The Kier molecular flexibility index (Phi) is 8.37. The number of alkyl carbamates (subject to hydrolysis) is 1. The van der Waals surface area contributed by atoms with Crippen molar-refractivity contribution in [3.05, 3.63) is 59.7 Å². The monoisotopic (exact) mass is 492 g/mol. The predicted octanol–water partition coefficient (Wildman–Crippen LogP) is 4.46. The van der Waals surface area contributed by atoms with Crippen molar-refractivity contribution in [1.82, 2.24) is 10.6 Å². The highest BCUT2D eigenvalue weighted by Crippen LogP contribution is 2.44. The van der Waals surface area contributed by atoms with Gasteiger partial charge in [0.15, 0.2) is 0 Å². The minimum atomic E-state index is -4.86. The number of amides is 2. The van der Waals surface area contributed by atoms with Gasteiger partial charge in [-0.1, -0.05) is 55.5 Å². The van der Waals surface area contributed by atoms with E-state index in [4.69, 9.17) is 9.84 Å². The lowest BCUT2D eigenvalue weighted by atomic mass is 9.98. The molecule has 0 radical (unpaired) electrons. The van der Waals surface area contributed by atoms with Crippen LogP contribution in [0.1, 0.15) is 43.2 Å². The van der Waals surface area contributed by atoms with Gasteiger partial charge in [-0.15, -0.1) is 0 Å². The highest BCUT2D eigenvalue weighted by atomic mass is 19.4. The lowest BCUT2D eigenvalue weighted by Gasteiger charge is -2.22. The average molecular weight is 492 g/mol. The van der Waals surface area contributed by atoms with E-state index in [9.17, 15) is 27.6 Å². The molecule has 0 saturated carbocycles. The van der Waals surface area contributed by atoms with E-state index in [1.54, 1.807) is 12.2 Å². The molecule has 10 heteroatoms. The fourth-order valence-electron chi connectivity index (χ4n) is 4.05. The number of alkyl halides is 3. The van der Waals surface area contributed by atoms with Gasteiger partial charge in [-0.2, -0.15) is 13.2 Å². The maximum absolute atomic E-state index is 13.5. The van der Waals surface area contributed by atoms with Crippen molar-refractivity contribution in [1.29, 1.82) is 0 Å². The second kappa shape index (κ2) is 11.2. The topological polar surface area (TPSA) is 105 Å². The summed E-state index contributed by atoms with van der Waals surface area (Å²) in [6.07, 6.45) is -6.98. The molecule has 188 valence electrons. The minimum absolute atomic E-state index is 0.0294. The van der Waals surface area contributed by atoms with Crippen molar-refractivity contribution in [2.24, 2.45) is 5.92 Å². The Morgan fingerprint density at radius 1 is 1.03 bits per heavy atom. The van der Waals surface area contributed by atoms with Crippen LogP contribution >= 0.6 is 0 Å². The molecule has 2 unspecified atom stereocenters. The lowest BCUT2D eigenvalue weighted by molar-refractivity contribution is -0.160. The number of nitrogens with one attached hydrogen (secondary N) is 2. The first-order valence-corrected chi connectivity index (χ1v) is 11.2. The first kappa shape index (κ1) is 26.1. The van der Waals surface area contributed by atoms with Gasteiger partial charge < -0.3 is 20.5 Å². The normalized spacial score (nSPS) is 14.4. The first-order valence-electron chi connectivity index (χ1n) is 11.2. The van der Waals surface area contributed by atoms with Crippen LogP contribution in [0.25, 0.3) is 11.1 Å². The fourth-order valence-corrected chi connectivity index (χ4v) is 4.05. The van der Waals surface area contributed by atoms with Crippen LogP contribution in [0, 0.1) is 5.92 Å². The summed E-state index contributed by atoms with van der Waals surface area (Å²) in [7, 11) is 0. The third kappa shape index (κ3) is 6.97. The van der Waals surface area contributed by atoms with E-state index in [0.717, 1.165) is 22.3 Å². The van der Waals surface area contributed by atoms with Crippen LogP contribution in [0.5, 0.6) is 0 Å². The van der Waals surface area contributed by atoms with Gasteiger partial charge in [-0.3, -0.25) is 9.59 Å². The number of carbonyl (C=O) groups excluding carboxylic acids is 2. The molecular formula is C25H27F3N2O5. The predicted molar refractivity (Wildman–Crippen MR) is 122 cm³/mol. The Morgan fingerprint density at radius 3 is 2.14 bits per heavy atom. The van der Waals surface area contributed by atoms with E-state index in [1.165, 1.54) is 0 Å². The maximum atomic E-state index is 13.5. The quantitative estimate of drug-likeness (QED) is 0.454. The molecule has 0 heterocycles. The molecule has 0 aliphatic heterocycles. The van der Waals surface area contributed by atoms with Crippen LogP contribution in [-0.4, -0.2) is 48.4 Å². The molecule has 3 N–H and O–H groups in total. The number of benzene rings is 2. The standard InChI is InChI=1S/C25H27F3N2O5/c1-15(10-11-23(32)33)13-29-22(31)12-21(25(26,27)28)30-24(34)35-14-20-18-8-4-2-6-16(18)17-7-3-5-9-19(17)20/h2-9,15,20-21H,10-14H2,1H3,(H,29,31)(H,30,34)(H,32,33). The molecule has 0 fully saturated rings. The molecule has 2 aromatic carbocycles. The third-order valence-corrected chi connectivity index (χ3v) is 5.92. The van der Waals surface area contributed by atoms with Crippen molar-refractivity contribution in [2.45, 2.75) is 44.3 Å². The summed E-state index contributed by atoms with van der Waals surface area (Å²) >= 11 is 0. The van der Waals surface area contributed by atoms with Crippen molar-refractivity contribution < 1.29 is 37.4 Å². The van der Waals surface area contributed by atoms with E-state index in [2.05, 4.69) is 5.32 Å². The molecule has 0 aromatic heterocycles. The van der Waals surface area contributed by atoms with Gasteiger partial charge in [0.2, 0.25) is 5.91 Å². The molecule has 2 aromatic rings. The molecule has 2 atom stereocenters. The average Bonchev–Trinajstić information content (AvgIpc) is 3.13. The molecule has 3 rings (SSSR count). The number of ether oxygens (including phenoxy) is 1. The van der Waals surface area contributed by atoms with Gasteiger partial charge in [0.25, 0.3) is 0 Å². The van der Waals surface area contributed by atoms with Gasteiger partial charge in [0, 0.05) is 18.9 Å². The number of hydrogen-bond acceptors (Lipinski definition) is 4. The largest absolute Gasteiger partial charge is 0.481 e. The van der Waals surface area contributed by atoms with E-state index in [0.29, 0.717) is 0 Å². The molecule has 7 nitrogen and oxygen atoms in total. The van der Waals surface area contributed by atoms with E-state index >= 15 is 0 Å². The van der Waals surface area contributed by atoms with Crippen molar-refractivity contribution in [2.75, 3.05) is 13.2 Å². The first-order chi connectivity index (χ1) is 16.6.